The van der Waals surface area contributed by atoms with Gasteiger partial charge in [-0.1, -0.05) is 65.5 Å². The molecule has 4 aliphatic rings. The first-order valence-electron chi connectivity index (χ1n) is 15.6. The van der Waals surface area contributed by atoms with Gasteiger partial charge in [0.2, 0.25) is 17.7 Å². The van der Waals surface area contributed by atoms with Gasteiger partial charge in [-0.25, -0.2) is 0 Å². The SMILES string of the molecule is C=CCN(CCC)C(=O)[C@@H]1[C@H]2C(=O)N([C@@H](CO)[C@@H](C)CC)C(C(=O)N(CC=C)C3CCCCC3)C23S[C@@H]1CC3C. The number of nitrogens with zero attached hydrogens (tertiary/aromatic N) is 3. The number of rotatable bonds is 13. The summed E-state index contributed by atoms with van der Waals surface area (Å²) >= 11 is 1.73. The maximum Gasteiger partial charge on any atom is 0.247 e. The monoisotopic (exact) mass is 573 g/mol. The van der Waals surface area contributed by atoms with Crippen molar-refractivity contribution in [1.82, 2.24) is 14.7 Å². The minimum absolute atomic E-state index is 0.0109. The molecule has 3 heterocycles. The third-order valence-corrected chi connectivity index (χ3v) is 12.4. The third-order valence-electron chi connectivity index (χ3n) is 10.3. The molecule has 0 radical (unpaired) electrons. The zero-order valence-electron chi connectivity index (χ0n) is 25.1. The van der Waals surface area contributed by atoms with Crippen molar-refractivity contribution in [1.29, 1.82) is 0 Å². The van der Waals surface area contributed by atoms with E-state index in [9.17, 15) is 19.5 Å². The van der Waals surface area contributed by atoms with E-state index in [1.54, 1.807) is 28.8 Å². The molecule has 2 bridgehead atoms. The van der Waals surface area contributed by atoms with Gasteiger partial charge < -0.3 is 19.8 Å². The molecular formula is C32H51N3O4S. The molecule has 3 unspecified atom stereocenters. The number of aliphatic hydroxyl groups excluding tert-OH is 1. The smallest absolute Gasteiger partial charge is 0.247 e. The Hall–Kier alpha value is -1.80. The van der Waals surface area contributed by atoms with Crippen LogP contribution in [0.2, 0.25) is 0 Å². The van der Waals surface area contributed by atoms with Crippen LogP contribution in [0.15, 0.2) is 25.3 Å². The Morgan fingerprint density at radius 3 is 2.40 bits per heavy atom. The van der Waals surface area contributed by atoms with E-state index < -0.39 is 28.7 Å². The number of fused-ring (bicyclic) bond motifs is 1. The summed E-state index contributed by atoms with van der Waals surface area (Å²) in [5.41, 5.74) is 0. The van der Waals surface area contributed by atoms with E-state index in [-0.39, 0.29) is 47.5 Å². The normalized spacial score (nSPS) is 33.0. The molecule has 40 heavy (non-hydrogen) atoms. The number of hydrogen-bond acceptors (Lipinski definition) is 5. The average Bonchev–Trinajstić information content (AvgIpc) is 3.55. The molecule has 0 aromatic heterocycles. The van der Waals surface area contributed by atoms with Gasteiger partial charge in [-0.2, -0.15) is 0 Å². The van der Waals surface area contributed by atoms with Crippen molar-refractivity contribution >= 4 is 29.5 Å². The molecule has 0 aromatic carbocycles. The molecule has 3 amide bonds. The first-order valence-corrected chi connectivity index (χ1v) is 16.5. The van der Waals surface area contributed by atoms with Gasteiger partial charge >= 0.3 is 0 Å². The molecule has 1 saturated carbocycles. The third kappa shape index (κ3) is 5.05. The zero-order chi connectivity index (χ0) is 29.2. The second-order valence-electron chi connectivity index (χ2n) is 12.6. The van der Waals surface area contributed by atoms with Crippen molar-refractivity contribution < 1.29 is 19.5 Å². The summed E-state index contributed by atoms with van der Waals surface area (Å²) in [6.07, 6.45) is 11.3. The molecule has 1 spiro atoms. The Balaban J connectivity index is 1.83. The molecule has 3 aliphatic heterocycles. The highest BCUT2D eigenvalue weighted by atomic mass is 32.2. The quantitative estimate of drug-likeness (QED) is 0.328. The van der Waals surface area contributed by atoms with Crippen molar-refractivity contribution in [2.75, 3.05) is 26.2 Å². The molecule has 224 valence electrons. The Labute approximate surface area is 245 Å². The van der Waals surface area contributed by atoms with E-state index in [1.807, 2.05) is 16.7 Å². The molecule has 7 nitrogen and oxygen atoms in total. The van der Waals surface area contributed by atoms with E-state index >= 15 is 0 Å². The van der Waals surface area contributed by atoms with Gasteiger partial charge in [0.25, 0.3) is 0 Å². The van der Waals surface area contributed by atoms with E-state index in [0.29, 0.717) is 19.6 Å². The van der Waals surface area contributed by atoms with Crippen LogP contribution in [0.5, 0.6) is 0 Å². The van der Waals surface area contributed by atoms with Crippen LogP contribution < -0.4 is 0 Å². The van der Waals surface area contributed by atoms with E-state index in [2.05, 4.69) is 33.9 Å². The summed E-state index contributed by atoms with van der Waals surface area (Å²) in [5, 5.41) is 10.7. The van der Waals surface area contributed by atoms with Crippen LogP contribution in [0.4, 0.5) is 0 Å². The maximum absolute atomic E-state index is 14.9. The van der Waals surface area contributed by atoms with Crippen molar-refractivity contribution in [2.45, 2.75) is 107 Å². The van der Waals surface area contributed by atoms with Gasteiger partial charge in [0, 0.05) is 30.9 Å². The minimum Gasteiger partial charge on any atom is -0.394 e. The highest BCUT2D eigenvalue weighted by Gasteiger charge is 2.77. The number of thioether (sulfide) groups is 1. The van der Waals surface area contributed by atoms with Gasteiger partial charge in [0.15, 0.2) is 0 Å². The van der Waals surface area contributed by atoms with Gasteiger partial charge in [0.05, 0.1) is 29.2 Å². The fourth-order valence-corrected chi connectivity index (χ4v) is 10.6. The fraction of sp³-hybridized carbons (Fsp3) is 0.781. The Kier molecular flexibility index (Phi) is 10.1. The highest BCUT2D eigenvalue weighted by Crippen LogP contribution is 2.69. The van der Waals surface area contributed by atoms with Crippen LogP contribution in [0.1, 0.15) is 79.1 Å². The summed E-state index contributed by atoms with van der Waals surface area (Å²) in [6, 6.07) is -1.03. The summed E-state index contributed by atoms with van der Waals surface area (Å²) in [6.45, 7) is 17.5. The lowest BCUT2D eigenvalue weighted by molar-refractivity contribution is -0.149. The average molecular weight is 574 g/mol. The summed E-state index contributed by atoms with van der Waals surface area (Å²) in [4.78, 5) is 49.3. The van der Waals surface area contributed by atoms with Crippen LogP contribution in [-0.2, 0) is 14.4 Å². The largest absolute Gasteiger partial charge is 0.394 e. The van der Waals surface area contributed by atoms with Crippen molar-refractivity contribution in [3.8, 4) is 0 Å². The van der Waals surface area contributed by atoms with Crippen molar-refractivity contribution in [3.05, 3.63) is 25.3 Å². The first kappa shape index (κ1) is 31.1. The van der Waals surface area contributed by atoms with E-state index in [1.165, 1.54) is 6.42 Å². The number of carbonyl (C=O) groups excluding carboxylic acids is 3. The number of hydrogen-bond donors (Lipinski definition) is 1. The standard InChI is InChI=1S/C32H51N3O4S/c1-7-16-33(17-8-2)29(37)26-25-19-22(6)32(40-25)27(26)30(38)35(24(20-36)21(5)10-4)28(32)31(39)34(18-9-3)23-14-12-11-13-15-23/h7,9,21-28,36H,1,3,8,10-20H2,2,4-6H3/t21-,22?,24-,25+,26-,27-,28?,32?/m0/s1. The Morgan fingerprint density at radius 2 is 1.82 bits per heavy atom. The van der Waals surface area contributed by atoms with Gasteiger partial charge in [-0.05, 0) is 37.5 Å². The molecule has 8 atom stereocenters. The minimum atomic E-state index is -0.695. The zero-order valence-corrected chi connectivity index (χ0v) is 25.9. The van der Waals surface area contributed by atoms with Crippen molar-refractivity contribution in [3.63, 3.8) is 0 Å². The molecule has 3 saturated heterocycles. The van der Waals surface area contributed by atoms with E-state index in [4.69, 9.17) is 0 Å². The Morgan fingerprint density at radius 1 is 1.15 bits per heavy atom. The summed E-state index contributed by atoms with van der Waals surface area (Å²) in [5.74, 6) is -1.02. The number of aliphatic hydroxyl groups is 1. The highest BCUT2D eigenvalue weighted by molar-refractivity contribution is 8.02. The first-order chi connectivity index (χ1) is 19.2. The lowest BCUT2D eigenvalue weighted by Crippen LogP contribution is -2.61. The van der Waals surface area contributed by atoms with Gasteiger partial charge in [0.1, 0.15) is 6.04 Å². The molecule has 4 fully saturated rings. The van der Waals surface area contributed by atoms with Gasteiger partial charge in [-0.3, -0.25) is 14.4 Å². The lowest BCUT2D eigenvalue weighted by Gasteiger charge is -2.45. The molecule has 4 rings (SSSR count). The fourth-order valence-electron chi connectivity index (χ4n) is 8.23. The number of likely N-dealkylation sites (tertiary alicyclic amines) is 1. The van der Waals surface area contributed by atoms with Crippen molar-refractivity contribution in [2.24, 2.45) is 23.7 Å². The molecule has 1 N–H and O–H groups in total. The Bertz CT molecular complexity index is 968. The molecule has 8 heteroatoms. The summed E-state index contributed by atoms with van der Waals surface area (Å²) in [7, 11) is 0. The molecule has 0 aromatic rings. The van der Waals surface area contributed by atoms with Crippen LogP contribution in [0, 0.1) is 23.7 Å². The number of carbonyl (C=O) groups is 3. The summed E-state index contributed by atoms with van der Waals surface area (Å²) < 4.78 is -0.680. The lowest BCUT2D eigenvalue weighted by atomic mass is 9.65. The van der Waals surface area contributed by atoms with Crippen LogP contribution >= 0.6 is 11.8 Å². The predicted octanol–water partition coefficient (Wildman–Crippen LogP) is 4.50. The van der Waals surface area contributed by atoms with Crippen LogP contribution in [-0.4, -0.2) is 91.9 Å². The predicted molar refractivity (Wildman–Crippen MR) is 162 cm³/mol. The number of amides is 3. The second kappa shape index (κ2) is 13.0. The molecule has 1 aliphatic carbocycles. The molecular weight excluding hydrogens is 522 g/mol. The van der Waals surface area contributed by atoms with Crippen LogP contribution in [0.25, 0.3) is 0 Å². The topological polar surface area (TPSA) is 81.2 Å². The maximum atomic E-state index is 14.9. The van der Waals surface area contributed by atoms with Crippen LogP contribution in [0.3, 0.4) is 0 Å². The van der Waals surface area contributed by atoms with E-state index in [0.717, 1.165) is 44.9 Å². The second-order valence-corrected chi connectivity index (χ2v) is 14.1. The van der Waals surface area contributed by atoms with Gasteiger partial charge in [-0.15, -0.1) is 24.9 Å².